The maximum atomic E-state index is 9.81. The molecule has 1 heterocycles. The van der Waals surface area contributed by atoms with E-state index >= 15 is 0 Å². The van der Waals surface area contributed by atoms with Gasteiger partial charge < -0.3 is 16.0 Å². The monoisotopic (exact) mass is 366 g/mol. The summed E-state index contributed by atoms with van der Waals surface area (Å²) < 4.78 is 0. The van der Waals surface area contributed by atoms with Crippen molar-refractivity contribution in [2.75, 3.05) is 31.1 Å². The van der Waals surface area contributed by atoms with Gasteiger partial charge in [0.05, 0.1) is 0 Å². The topological polar surface area (TPSA) is 73.5 Å². The van der Waals surface area contributed by atoms with Crippen LogP contribution in [0.5, 0.6) is 0 Å². The van der Waals surface area contributed by atoms with Gasteiger partial charge in [0.15, 0.2) is 0 Å². The molecule has 2 aromatic carbocycles. The first-order chi connectivity index (χ1) is 13.3. The van der Waals surface area contributed by atoms with Gasteiger partial charge in [0.2, 0.25) is 0 Å². The van der Waals surface area contributed by atoms with Gasteiger partial charge in [-0.3, -0.25) is 10.7 Å². The first-order valence-electron chi connectivity index (χ1n) is 9.74. The molecular formula is C22H30N4O. The Morgan fingerprint density at radius 3 is 2.04 bits per heavy atom. The zero-order chi connectivity index (χ0) is 18.9. The highest BCUT2D eigenvalue weighted by atomic mass is 16.5. The second-order valence-corrected chi connectivity index (χ2v) is 6.92. The van der Waals surface area contributed by atoms with Crippen molar-refractivity contribution in [3.63, 3.8) is 0 Å². The van der Waals surface area contributed by atoms with Crippen LogP contribution in [-0.4, -0.2) is 31.4 Å². The Kier molecular flexibility index (Phi) is 7.27. The van der Waals surface area contributed by atoms with Gasteiger partial charge in [-0.25, -0.2) is 0 Å². The van der Waals surface area contributed by atoms with E-state index in [4.69, 9.17) is 5.73 Å². The van der Waals surface area contributed by atoms with Crippen LogP contribution in [0.15, 0.2) is 71.9 Å². The van der Waals surface area contributed by atoms with E-state index in [0.29, 0.717) is 18.9 Å². The molecule has 5 heteroatoms. The van der Waals surface area contributed by atoms with E-state index in [1.54, 1.807) is 0 Å². The predicted octanol–water partition coefficient (Wildman–Crippen LogP) is 3.41. The lowest BCUT2D eigenvalue weighted by Gasteiger charge is -2.29. The Balaban J connectivity index is 1.81. The molecule has 1 aliphatic heterocycles. The fourth-order valence-electron chi connectivity index (χ4n) is 3.84. The second kappa shape index (κ2) is 10.1. The standard InChI is InChI=1S/C22H30N4O/c23-17-21(18-11-14-24-15-12-18)22(25-27)13-16-26(19-7-3-1-4-8-19)20-9-5-2-6-10-20/h1-10,18,24-25,27H,11-17,23H2/b22-21+. The van der Waals surface area contributed by atoms with Gasteiger partial charge in [0, 0.05) is 36.6 Å². The third-order valence-electron chi connectivity index (χ3n) is 5.30. The summed E-state index contributed by atoms with van der Waals surface area (Å²) in [6, 6.07) is 20.7. The van der Waals surface area contributed by atoms with E-state index in [2.05, 4.69) is 40.0 Å². The third-order valence-corrected chi connectivity index (χ3v) is 5.30. The molecule has 0 bridgehead atoms. The van der Waals surface area contributed by atoms with Crippen molar-refractivity contribution in [1.29, 1.82) is 0 Å². The van der Waals surface area contributed by atoms with Crippen molar-refractivity contribution in [1.82, 2.24) is 10.8 Å². The Bertz CT molecular complexity index is 672. The molecule has 0 spiro atoms. The molecule has 0 saturated carbocycles. The van der Waals surface area contributed by atoms with E-state index in [1.165, 1.54) is 0 Å². The number of nitrogens with one attached hydrogen (secondary N) is 2. The fraction of sp³-hybridized carbons (Fsp3) is 0.364. The average molecular weight is 367 g/mol. The lowest BCUT2D eigenvalue weighted by atomic mass is 9.88. The number of hydroxylamine groups is 1. The maximum absolute atomic E-state index is 9.81. The Morgan fingerprint density at radius 2 is 1.56 bits per heavy atom. The van der Waals surface area contributed by atoms with Gasteiger partial charge in [0.1, 0.15) is 0 Å². The van der Waals surface area contributed by atoms with Crippen molar-refractivity contribution < 1.29 is 5.21 Å². The molecule has 0 amide bonds. The molecule has 0 atom stereocenters. The van der Waals surface area contributed by atoms with Crippen LogP contribution in [0.25, 0.3) is 0 Å². The molecule has 1 fully saturated rings. The van der Waals surface area contributed by atoms with Gasteiger partial charge in [0.25, 0.3) is 0 Å². The zero-order valence-corrected chi connectivity index (χ0v) is 15.8. The molecule has 0 radical (unpaired) electrons. The molecule has 0 unspecified atom stereocenters. The van der Waals surface area contributed by atoms with Gasteiger partial charge >= 0.3 is 0 Å². The van der Waals surface area contributed by atoms with Crippen LogP contribution in [0, 0.1) is 5.92 Å². The van der Waals surface area contributed by atoms with Crippen LogP contribution in [-0.2, 0) is 0 Å². The quantitative estimate of drug-likeness (QED) is 0.539. The third kappa shape index (κ3) is 5.10. The number of hydrogen-bond donors (Lipinski definition) is 4. The van der Waals surface area contributed by atoms with E-state index in [0.717, 1.165) is 55.1 Å². The van der Waals surface area contributed by atoms with Crippen molar-refractivity contribution in [3.8, 4) is 0 Å². The van der Waals surface area contributed by atoms with Crippen LogP contribution in [0.2, 0.25) is 0 Å². The molecule has 1 saturated heterocycles. The van der Waals surface area contributed by atoms with Crippen molar-refractivity contribution in [2.24, 2.45) is 11.7 Å². The maximum Gasteiger partial charge on any atom is 0.0410 e. The van der Waals surface area contributed by atoms with Crippen molar-refractivity contribution in [3.05, 3.63) is 71.9 Å². The van der Waals surface area contributed by atoms with Crippen LogP contribution in [0.4, 0.5) is 11.4 Å². The average Bonchev–Trinajstić information content (AvgIpc) is 2.75. The number of para-hydroxylation sites is 2. The predicted molar refractivity (Wildman–Crippen MR) is 111 cm³/mol. The normalized spacial score (nSPS) is 15.9. The summed E-state index contributed by atoms with van der Waals surface area (Å²) in [6.45, 7) is 3.25. The summed E-state index contributed by atoms with van der Waals surface area (Å²) in [7, 11) is 0. The summed E-state index contributed by atoms with van der Waals surface area (Å²) in [5.74, 6) is 0.438. The van der Waals surface area contributed by atoms with Crippen molar-refractivity contribution >= 4 is 11.4 Å². The Hall–Kier alpha value is -2.34. The lowest BCUT2D eigenvalue weighted by Crippen LogP contribution is -2.32. The lowest BCUT2D eigenvalue weighted by molar-refractivity contribution is 0.192. The largest absolute Gasteiger partial charge is 0.341 e. The summed E-state index contributed by atoms with van der Waals surface area (Å²) in [5.41, 5.74) is 12.8. The van der Waals surface area contributed by atoms with Crippen LogP contribution in [0.3, 0.4) is 0 Å². The van der Waals surface area contributed by atoms with Crippen LogP contribution >= 0.6 is 0 Å². The van der Waals surface area contributed by atoms with Gasteiger partial charge in [-0.1, -0.05) is 36.4 Å². The first-order valence-corrected chi connectivity index (χ1v) is 9.74. The number of hydrogen-bond acceptors (Lipinski definition) is 5. The summed E-state index contributed by atoms with van der Waals surface area (Å²) >= 11 is 0. The second-order valence-electron chi connectivity index (χ2n) is 6.92. The van der Waals surface area contributed by atoms with Gasteiger partial charge in [-0.05, 0) is 61.7 Å². The van der Waals surface area contributed by atoms with Gasteiger partial charge in [-0.2, -0.15) is 0 Å². The SMILES string of the molecule is NC/C(=C(/CCN(c1ccccc1)c1ccccc1)NO)C1CCNCC1. The highest BCUT2D eigenvalue weighted by Crippen LogP contribution is 2.28. The van der Waals surface area contributed by atoms with E-state index in [1.807, 2.05) is 36.4 Å². The minimum absolute atomic E-state index is 0.438. The van der Waals surface area contributed by atoms with Gasteiger partial charge in [-0.15, -0.1) is 0 Å². The Labute approximate surface area is 161 Å². The zero-order valence-electron chi connectivity index (χ0n) is 15.8. The van der Waals surface area contributed by atoms with E-state index < -0.39 is 0 Å². The summed E-state index contributed by atoms with van der Waals surface area (Å²) in [5, 5.41) is 13.2. The van der Waals surface area contributed by atoms with E-state index in [9.17, 15) is 5.21 Å². The van der Waals surface area contributed by atoms with Crippen LogP contribution in [0.1, 0.15) is 19.3 Å². The molecule has 3 rings (SSSR count). The molecule has 0 aromatic heterocycles. The number of rotatable bonds is 8. The number of benzene rings is 2. The molecule has 1 aliphatic rings. The smallest absolute Gasteiger partial charge is 0.0410 e. The number of nitrogens with zero attached hydrogens (tertiary/aromatic N) is 1. The number of nitrogens with two attached hydrogens (primary N) is 1. The van der Waals surface area contributed by atoms with E-state index in [-0.39, 0.29) is 0 Å². The highest BCUT2D eigenvalue weighted by molar-refractivity contribution is 5.62. The number of anilines is 2. The number of piperidine rings is 1. The molecule has 27 heavy (non-hydrogen) atoms. The summed E-state index contributed by atoms with van der Waals surface area (Å²) in [6.07, 6.45) is 2.84. The molecule has 0 aliphatic carbocycles. The highest BCUT2D eigenvalue weighted by Gasteiger charge is 2.20. The molecule has 5 nitrogen and oxygen atoms in total. The molecular weight excluding hydrogens is 336 g/mol. The Morgan fingerprint density at radius 1 is 1.00 bits per heavy atom. The first kappa shape index (κ1) is 19.4. The minimum atomic E-state index is 0.438. The molecule has 5 N–H and O–H groups in total. The molecule has 2 aromatic rings. The van der Waals surface area contributed by atoms with Crippen LogP contribution < -0.4 is 21.4 Å². The minimum Gasteiger partial charge on any atom is -0.341 e. The fourth-order valence-corrected chi connectivity index (χ4v) is 3.84. The van der Waals surface area contributed by atoms with Crippen molar-refractivity contribution in [2.45, 2.75) is 19.3 Å². The molecule has 144 valence electrons. The summed E-state index contributed by atoms with van der Waals surface area (Å²) in [4.78, 5) is 2.27.